The zero-order valence-electron chi connectivity index (χ0n) is 13.9. The molecule has 1 aromatic rings. The fraction of sp³-hybridized carbons (Fsp3) is 0.632. The van der Waals surface area contributed by atoms with Gasteiger partial charge in [0.1, 0.15) is 0 Å². The molecule has 0 atom stereocenters. The summed E-state index contributed by atoms with van der Waals surface area (Å²) in [6, 6.07) is 8.44. The van der Waals surface area contributed by atoms with Crippen LogP contribution in [0.15, 0.2) is 24.3 Å². The third kappa shape index (κ3) is 6.61. The minimum Gasteiger partial charge on any atom is -0.356 e. The Morgan fingerprint density at radius 1 is 1.09 bits per heavy atom. The van der Waals surface area contributed by atoms with Gasteiger partial charge < -0.3 is 10.2 Å². The molecule has 0 unspecified atom stereocenters. The lowest BCUT2D eigenvalue weighted by molar-refractivity contribution is -0.121. The summed E-state index contributed by atoms with van der Waals surface area (Å²) in [4.78, 5) is 14.4. The third-order valence-electron chi connectivity index (χ3n) is 4.43. The van der Waals surface area contributed by atoms with Gasteiger partial charge in [-0.3, -0.25) is 4.79 Å². The Balaban J connectivity index is 1.54. The van der Waals surface area contributed by atoms with Gasteiger partial charge in [0.15, 0.2) is 0 Å². The van der Waals surface area contributed by atoms with Gasteiger partial charge in [-0.05, 0) is 57.8 Å². The van der Waals surface area contributed by atoms with E-state index in [-0.39, 0.29) is 5.91 Å². The molecule has 1 aromatic carbocycles. The van der Waals surface area contributed by atoms with Crippen LogP contribution in [0.1, 0.15) is 49.7 Å². The molecule has 2 rings (SSSR count). The van der Waals surface area contributed by atoms with Crippen molar-refractivity contribution in [3.63, 3.8) is 0 Å². The number of nitrogens with zero attached hydrogens (tertiary/aromatic N) is 1. The molecule has 3 heteroatoms. The van der Waals surface area contributed by atoms with Gasteiger partial charge in [-0.1, -0.05) is 42.7 Å². The number of hydrogen-bond acceptors (Lipinski definition) is 2. The van der Waals surface area contributed by atoms with Crippen LogP contribution in [-0.4, -0.2) is 37.0 Å². The van der Waals surface area contributed by atoms with Crippen LogP contribution in [0.2, 0.25) is 0 Å². The minimum absolute atomic E-state index is 0.177. The highest BCUT2D eigenvalue weighted by molar-refractivity contribution is 5.76. The Labute approximate surface area is 135 Å². The zero-order valence-corrected chi connectivity index (χ0v) is 13.9. The lowest BCUT2D eigenvalue weighted by Crippen LogP contribution is -2.30. The molecule has 3 nitrogen and oxygen atoms in total. The third-order valence-corrected chi connectivity index (χ3v) is 4.43. The Morgan fingerprint density at radius 3 is 2.45 bits per heavy atom. The summed E-state index contributed by atoms with van der Waals surface area (Å²) in [6.45, 7) is 6.49. The predicted octanol–water partition coefficient (Wildman–Crippen LogP) is 3.31. The molecule has 1 N–H and O–H groups in total. The largest absolute Gasteiger partial charge is 0.356 e. The normalized spacial score (nSPS) is 16.2. The van der Waals surface area contributed by atoms with E-state index in [0.717, 1.165) is 25.9 Å². The number of nitrogens with one attached hydrogen (secondary N) is 1. The van der Waals surface area contributed by atoms with Gasteiger partial charge in [0.2, 0.25) is 5.91 Å². The summed E-state index contributed by atoms with van der Waals surface area (Å²) >= 11 is 0. The molecule has 1 aliphatic heterocycles. The van der Waals surface area contributed by atoms with E-state index in [4.69, 9.17) is 0 Å². The summed E-state index contributed by atoms with van der Waals surface area (Å²) in [5, 5.41) is 3.05. The van der Waals surface area contributed by atoms with Crippen LogP contribution >= 0.6 is 0 Å². The monoisotopic (exact) mass is 302 g/mol. The molecular weight excluding hydrogens is 272 g/mol. The zero-order chi connectivity index (χ0) is 15.6. The lowest BCUT2D eigenvalue weighted by atomic mass is 10.1. The molecule has 0 spiro atoms. The quantitative estimate of drug-likeness (QED) is 0.784. The minimum atomic E-state index is 0.177. The summed E-state index contributed by atoms with van der Waals surface area (Å²) in [5.41, 5.74) is 2.51. The molecule has 0 bridgehead atoms. The van der Waals surface area contributed by atoms with Crippen molar-refractivity contribution in [2.45, 2.75) is 51.9 Å². The molecule has 1 aliphatic rings. The second-order valence-electron chi connectivity index (χ2n) is 6.44. The van der Waals surface area contributed by atoms with E-state index >= 15 is 0 Å². The fourth-order valence-corrected chi connectivity index (χ4v) is 2.99. The summed E-state index contributed by atoms with van der Waals surface area (Å²) in [5.74, 6) is 0.177. The van der Waals surface area contributed by atoms with Gasteiger partial charge >= 0.3 is 0 Å². The first-order chi connectivity index (χ1) is 10.7. The van der Waals surface area contributed by atoms with E-state index in [1.807, 2.05) is 0 Å². The molecule has 0 aliphatic carbocycles. The highest BCUT2D eigenvalue weighted by atomic mass is 16.1. The van der Waals surface area contributed by atoms with Crippen molar-refractivity contribution in [2.75, 3.05) is 26.2 Å². The molecule has 1 amide bonds. The van der Waals surface area contributed by atoms with Gasteiger partial charge in [-0.15, -0.1) is 0 Å². The molecular formula is C19H30N2O. The van der Waals surface area contributed by atoms with Gasteiger partial charge in [-0.2, -0.15) is 0 Å². The maximum absolute atomic E-state index is 11.9. The summed E-state index contributed by atoms with van der Waals surface area (Å²) in [6.07, 6.45) is 7.92. The molecule has 1 fully saturated rings. The van der Waals surface area contributed by atoms with E-state index in [9.17, 15) is 4.79 Å². The van der Waals surface area contributed by atoms with E-state index in [2.05, 4.69) is 41.4 Å². The number of carbonyl (C=O) groups excluding carboxylic acids is 1. The number of amides is 1. The average Bonchev–Trinajstić information content (AvgIpc) is 2.80. The van der Waals surface area contributed by atoms with Crippen molar-refractivity contribution in [1.82, 2.24) is 10.2 Å². The molecule has 0 aromatic heterocycles. The van der Waals surface area contributed by atoms with E-state index in [1.54, 1.807) is 0 Å². The Kier molecular flexibility index (Phi) is 7.44. The molecule has 22 heavy (non-hydrogen) atoms. The van der Waals surface area contributed by atoms with Crippen molar-refractivity contribution < 1.29 is 4.79 Å². The highest BCUT2D eigenvalue weighted by Gasteiger charge is 2.08. The van der Waals surface area contributed by atoms with Crippen LogP contribution < -0.4 is 5.32 Å². The molecule has 1 heterocycles. The van der Waals surface area contributed by atoms with E-state index in [1.165, 1.54) is 49.9 Å². The number of benzene rings is 1. The van der Waals surface area contributed by atoms with Crippen molar-refractivity contribution in [2.24, 2.45) is 0 Å². The number of hydrogen-bond donors (Lipinski definition) is 1. The number of rotatable bonds is 7. The molecule has 0 radical (unpaired) electrons. The summed E-state index contributed by atoms with van der Waals surface area (Å²) in [7, 11) is 0. The predicted molar refractivity (Wildman–Crippen MR) is 92.0 cm³/mol. The molecule has 0 saturated carbocycles. The smallest absolute Gasteiger partial charge is 0.220 e. The standard InChI is InChI=1S/C19H30N2O/c1-17-7-9-18(10-8-17)11-12-19(22)20-13-6-16-21-14-4-2-3-5-15-21/h7-10H,2-6,11-16H2,1H3,(H,20,22). The highest BCUT2D eigenvalue weighted by Crippen LogP contribution is 2.09. The number of carbonyl (C=O) groups is 1. The van der Waals surface area contributed by atoms with Crippen LogP contribution in [0, 0.1) is 6.92 Å². The van der Waals surface area contributed by atoms with Gasteiger partial charge in [0.05, 0.1) is 0 Å². The van der Waals surface area contributed by atoms with Crippen molar-refractivity contribution in [3.05, 3.63) is 35.4 Å². The first-order valence-electron chi connectivity index (χ1n) is 8.78. The summed E-state index contributed by atoms with van der Waals surface area (Å²) < 4.78 is 0. The molecule has 1 saturated heterocycles. The second kappa shape index (κ2) is 9.62. The van der Waals surface area contributed by atoms with Crippen LogP contribution in [0.3, 0.4) is 0 Å². The first kappa shape index (κ1) is 17.0. The van der Waals surface area contributed by atoms with Crippen molar-refractivity contribution in [3.8, 4) is 0 Å². The van der Waals surface area contributed by atoms with Gasteiger partial charge in [-0.25, -0.2) is 0 Å². The SMILES string of the molecule is Cc1ccc(CCC(=O)NCCCN2CCCCCC2)cc1. The fourth-order valence-electron chi connectivity index (χ4n) is 2.99. The van der Waals surface area contributed by atoms with E-state index < -0.39 is 0 Å². The Morgan fingerprint density at radius 2 is 1.77 bits per heavy atom. The lowest BCUT2D eigenvalue weighted by Gasteiger charge is -2.19. The maximum atomic E-state index is 11.9. The van der Waals surface area contributed by atoms with Crippen LogP contribution in [-0.2, 0) is 11.2 Å². The second-order valence-corrected chi connectivity index (χ2v) is 6.44. The van der Waals surface area contributed by atoms with Crippen LogP contribution in [0.5, 0.6) is 0 Å². The topological polar surface area (TPSA) is 32.3 Å². The average molecular weight is 302 g/mol. The van der Waals surface area contributed by atoms with Crippen molar-refractivity contribution in [1.29, 1.82) is 0 Å². The first-order valence-corrected chi connectivity index (χ1v) is 8.78. The van der Waals surface area contributed by atoms with Crippen LogP contribution in [0.4, 0.5) is 0 Å². The van der Waals surface area contributed by atoms with E-state index in [0.29, 0.717) is 6.42 Å². The Bertz CT molecular complexity index is 433. The number of aryl methyl sites for hydroxylation is 2. The number of likely N-dealkylation sites (tertiary alicyclic amines) is 1. The Hall–Kier alpha value is -1.35. The van der Waals surface area contributed by atoms with Gasteiger partial charge in [0.25, 0.3) is 0 Å². The van der Waals surface area contributed by atoms with Crippen molar-refractivity contribution >= 4 is 5.91 Å². The molecule has 122 valence electrons. The maximum Gasteiger partial charge on any atom is 0.220 e. The van der Waals surface area contributed by atoms with Crippen LogP contribution in [0.25, 0.3) is 0 Å². The van der Waals surface area contributed by atoms with Gasteiger partial charge in [0, 0.05) is 13.0 Å².